The zero-order valence-corrected chi connectivity index (χ0v) is 9.26. The molecule has 1 saturated heterocycles. The molecule has 76 valence electrons. The van der Waals surface area contributed by atoms with E-state index in [9.17, 15) is 8.42 Å². The van der Waals surface area contributed by atoms with E-state index in [1.54, 1.807) is 16.5 Å². The average Bonchev–Trinajstić information content (AvgIpc) is 1.96. The largest absolute Gasteiger partial charge is 0.217 e. The SMILES string of the molecule is C/C=C/CS(=O)(=O)N1CC(C)(C)C1. The first kappa shape index (κ1) is 10.7. The van der Waals surface area contributed by atoms with Crippen LogP contribution in [0.4, 0.5) is 0 Å². The fraction of sp³-hybridized carbons (Fsp3) is 0.778. The molecule has 1 aliphatic heterocycles. The predicted molar refractivity (Wildman–Crippen MR) is 54.0 cm³/mol. The van der Waals surface area contributed by atoms with Crippen molar-refractivity contribution < 1.29 is 8.42 Å². The molecule has 1 heterocycles. The molecule has 0 amide bonds. The highest BCUT2D eigenvalue weighted by Crippen LogP contribution is 2.31. The van der Waals surface area contributed by atoms with Gasteiger partial charge in [-0.05, 0) is 12.3 Å². The van der Waals surface area contributed by atoms with Crippen LogP contribution in [0.25, 0.3) is 0 Å². The molecule has 0 radical (unpaired) electrons. The Kier molecular flexibility index (Phi) is 2.82. The molecule has 1 aliphatic rings. The molecule has 0 N–H and O–H groups in total. The molecule has 0 aromatic heterocycles. The van der Waals surface area contributed by atoms with Crippen molar-refractivity contribution in [3.63, 3.8) is 0 Å². The van der Waals surface area contributed by atoms with Crippen LogP contribution in [-0.4, -0.2) is 31.6 Å². The van der Waals surface area contributed by atoms with Crippen LogP contribution in [0.1, 0.15) is 20.8 Å². The van der Waals surface area contributed by atoms with Crippen LogP contribution in [0.15, 0.2) is 12.2 Å². The molecular weight excluding hydrogens is 186 g/mol. The van der Waals surface area contributed by atoms with Gasteiger partial charge in [-0.3, -0.25) is 0 Å². The first-order valence-electron chi connectivity index (χ1n) is 4.46. The Morgan fingerprint density at radius 3 is 2.31 bits per heavy atom. The van der Waals surface area contributed by atoms with Gasteiger partial charge < -0.3 is 0 Å². The van der Waals surface area contributed by atoms with Crippen LogP contribution in [0.5, 0.6) is 0 Å². The molecule has 0 unspecified atom stereocenters. The third kappa shape index (κ3) is 2.54. The number of sulfonamides is 1. The molecule has 3 nitrogen and oxygen atoms in total. The second-order valence-corrected chi connectivity index (χ2v) is 6.29. The van der Waals surface area contributed by atoms with E-state index in [1.807, 2.05) is 6.92 Å². The number of rotatable bonds is 3. The van der Waals surface area contributed by atoms with Crippen LogP contribution in [0.3, 0.4) is 0 Å². The highest BCUT2D eigenvalue weighted by atomic mass is 32.2. The van der Waals surface area contributed by atoms with E-state index in [-0.39, 0.29) is 11.2 Å². The Labute approximate surface area is 80.5 Å². The van der Waals surface area contributed by atoms with Crippen molar-refractivity contribution in [2.24, 2.45) is 5.41 Å². The minimum absolute atomic E-state index is 0.138. The number of hydrogen-bond acceptors (Lipinski definition) is 2. The maximum absolute atomic E-state index is 11.5. The lowest BCUT2D eigenvalue weighted by Crippen LogP contribution is -2.55. The Hall–Kier alpha value is -0.350. The van der Waals surface area contributed by atoms with Gasteiger partial charge in [0.2, 0.25) is 10.0 Å². The molecule has 0 spiro atoms. The van der Waals surface area contributed by atoms with Gasteiger partial charge in [0.25, 0.3) is 0 Å². The molecular formula is C9H17NO2S. The van der Waals surface area contributed by atoms with E-state index < -0.39 is 10.0 Å². The predicted octanol–water partition coefficient (Wildman–Crippen LogP) is 1.23. The van der Waals surface area contributed by atoms with Crippen molar-refractivity contribution in [3.8, 4) is 0 Å². The molecule has 0 aliphatic carbocycles. The Balaban J connectivity index is 2.54. The quantitative estimate of drug-likeness (QED) is 0.647. The topological polar surface area (TPSA) is 37.4 Å². The van der Waals surface area contributed by atoms with Crippen molar-refractivity contribution in [1.82, 2.24) is 4.31 Å². The maximum atomic E-state index is 11.5. The Morgan fingerprint density at radius 2 is 1.92 bits per heavy atom. The van der Waals surface area contributed by atoms with E-state index >= 15 is 0 Å². The van der Waals surface area contributed by atoms with E-state index in [0.29, 0.717) is 13.1 Å². The number of nitrogens with zero attached hydrogens (tertiary/aromatic N) is 1. The first-order valence-corrected chi connectivity index (χ1v) is 6.07. The summed E-state index contributed by atoms with van der Waals surface area (Å²) in [4.78, 5) is 0. The third-order valence-electron chi connectivity index (χ3n) is 2.14. The van der Waals surface area contributed by atoms with Gasteiger partial charge >= 0.3 is 0 Å². The average molecular weight is 203 g/mol. The first-order chi connectivity index (χ1) is 5.87. The maximum Gasteiger partial charge on any atom is 0.217 e. The lowest BCUT2D eigenvalue weighted by Gasteiger charge is -2.44. The van der Waals surface area contributed by atoms with Crippen LogP contribution in [0, 0.1) is 5.41 Å². The fourth-order valence-electron chi connectivity index (χ4n) is 1.43. The van der Waals surface area contributed by atoms with Crippen LogP contribution in [-0.2, 0) is 10.0 Å². The zero-order valence-electron chi connectivity index (χ0n) is 8.45. The number of hydrogen-bond donors (Lipinski definition) is 0. The normalized spacial score (nSPS) is 23.3. The van der Waals surface area contributed by atoms with Gasteiger partial charge in [-0.15, -0.1) is 0 Å². The second-order valence-electron chi connectivity index (χ2n) is 4.28. The van der Waals surface area contributed by atoms with Crippen molar-refractivity contribution in [2.45, 2.75) is 20.8 Å². The van der Waals surface area contributed by atoms with Gasteiger partial charge in [0, 0.05) is 13.1 Å². The minimum Gasteiger partial charge on any atom is -0.212 e. The van der Waals surface area contributed by atoms with E-state index in [2.05, 4.69) is 13.8 Å². The number of allylic oxidation sites excluding steroid dienone is 1. The smallest absolute Gasteiger partial charge is 0.212 e. The summed E-state index contributed by atoms with van der Waals surface area (Å²) in [5.41, 5.74) is 0.170. The summed E-state index contributed by atoms with van der Waals surface area (Å²) in [6.07, 6.45) is 3.45. The zero-order chi connectivity index (χ0) is 10.1. The molecule has 0 saturated carbocycles. The lowest BCUT2D eigenvalue weighted by molar-refractivity contribution is 0.111. The highest BCUT2D eigenvalue weighted by molar-refractivity contribution is 7.89. The van der Waals surface area contributed by atoms with Crippen LogP contribution in [0.2, 0.25) is 0 Å². The molecule has 1 rings (SSSR count). The van der Waals surface area contributed by atoms with E-state index in [1.165, 1.54) is 0 Å². The molecule has 0 bridgehead atoms. The summed E-state index contributed by atoms with van der Waals surface area (Å²) < 4.78 is 24.6. The van der Waals surface area contributed by atoms with Crippen molar-refractivity contribution in [1.29, 1.82) is 0 Å². The van der Waals surface area contributed by atoms with Gasteiger partial charge in [-0.25, -0.2) is 12.7 Å². The van der Waals surface area contributed by atoms with Gasteiger partial charge in [0.1, 0.15) is 0 Å². The third-order valence-corrected chi connectivity index (χ3v) is 3.80. The van der Waals surface area contributed by atoms with E-state index in [4.69, 9.17) is 0 Å². The monoisotopic (exact) mass is 203 g/mol. The van der Waals surface area contributed by atoms with Crippen molar-refractivity contribution in [3.05, 3.63) is 12.2 Å². The lowest BCUT2D eigenvalue weighted by atomic mass is 9.87. The van der Waals surface area contributed by atoms with Gasteiger partial charge in [0.05, 0.1) is 5.75 Å². The molecule has 0 aromatic rings. The standard InChI is InChI=1S/C9H17NO2S/c1-4-5-6-13(11,12)10-7-9(2,3)8-10/h4-5H,6-8H2,1-3H3/b5-4+. The molecule has 4 heteroatoms. The highest BCUT2D eigenvalue weighted by Gasteiger charge is 2.40. The molecule has 0 aromatic carbocycles. The molecule has 0 atom stereocenters. The van der Waals surface area contributed by atoms with Crippen molar-refractivity contribution in [2.75, 3.05) is 18.8 Å². The Bertz CT molecular complexity index is 296. The minimum atomic E-state index is -3.01. The van der Waals surface area contributed by atoms with Crippen LogP contribution < -0.4 is 0 Å². The van der Waals surface area contributed by atoms with Crippen molar-refractivity contribution >= 4 is 10.0 Å². The summed E-state index contributed by atoms with van der Waals surface area (Å²) in [6.45, 7) is 7.30. The summed E-state index contributed by atoms with van der Waals surface area (Å²) >= 11 is 0. The fourth-order valence-corrected chi connectivity index (χ4v) is 3.17. The van der Waals surface area contributed by atoms with E-state index in [0.717, 1.165) is 0 Å². The summed E-state index contributed by atoms with van der Waals surface area (Å²) in [6, 6.07) is 0. The Morgan fingerprint density at radius 1 is 1.38 bits per heavy atom. The van der Waals surface area contributed by atoms with Crippen LogP contribution >= 0.6 is 0 Å². The summed E-state index contributed by atoms with van der Waals surface area (Å²) in [7, 11) is -3.01. The van der Waals surface area contributed by atoms with Gasteiger partial charge in [-0.1, -0.05) is 26.0 Å². The summed E-state index contributed by atoms with van der Waals surface area (Å²) in [5, 5.41) is 0. The van der Waals surface area contributed by atoms with Gasteiger partial charge in [-0.2, -0.15) is 0 Å². The molecule has 13 heavy (non-hydrogen) atoms. The molecule has 1 fully saturated rings. The van der Waals surface area contributed by atoms with Gasteiger partial charge in [0.15, 0.2) is 0 Å². The summed E-state index contributed by atoms with van der Waals surface area (Å²) in [5.74, 6) is 0.138. The second kappa shape index (κ2) is 3.42.